The molecule has 0 radical (unpaired) electrons. The first kappa shape index (κ1) is 19.3. The Bertz CT molecular complexity index is 1000. The molecule has 12 heteroatoms. The maximum absolute atomic E-state index is 12.8. The number of hydrogen-bond acceptors (Lipinski definition) is 9. The van der Waals surface area contributed by atoms with E-state index in [1.807, 2.05) is 6.92 Å². The lowest BCUT2D eigenvalue weighted by atomic mass is 10.2. The van der Waals surface area contributed by atoms with Gasteiger partial charge in [-0.25, -0.2) is 8.42 Å². The van der Waals surface area contributed by atoms with Gasteiger partial charge in [-0.3, -0.25) is 14.4 Å². The van der Waals surface area contributed by atoms with E-state index < -0.39 is 31.9 Å². The van der Waals surface area contributed by atoms with E-state index in [0.717, 1.165) is 0 Å². The fourth-order valence-corrected chi connectivity index (χ4v) is 4.55. The number of amides is 1. The molecule has 0 aromatic heterocycles. The van der Waals surface area contributed by atoms with Crippen molar-refractivity contribution in [2.75, 3.05) is 17.2 Å². The smallest absolute Gasteiger partial charge is 0.290 e. The second-order valence-corrected chi connectivity index (χ2v) is 8.52. The Morgan fingerprint density at radius 1 is 1.33 bits per heavy atom. The van der Waals surface area contributed by atoms with Crippen LogP contribution in [0.2, 0.25) is 0 Å². The molecule has 0 saturated carbocycles. The van der Waals surface area contributed by atoms with Crippen molar-refractivity contribution in [3.63, 3.8) is 0 Å². The maximum Gasteiger partial charge on any atom is 0.290 e. The molecular formula is C15H16N5O5S2-. The number of para-hydroxylation sites is 1. The van der Waals surface area contributed by atoms with Gasteiger partial charge < -0.3 is 9.45 Å². The zero-order valence-corrected chi connectivity index (χ0v) is 15.9. The number of hydrogen-bond donors (Lipinski definition) is 1. The molecule has 3 rings (SSSR count). The molecule has 0 fully saturated rings. The Morgan fingerprint density at radius 3 is 2.78 bits per heavy atom. The number of rotatable bonds is 5. The summed E-state index contributed by atoms with van der Waals surface area (Å²) in [4.78, 5) is 14.1. The first-order chi connectivity index (χ1) is 12.8. The van der Waals surface area contributed by atoms with E-state index in [2.05, 4.69) is 20.7 Å². The van der Waals surface area contributed by atoms with Crippen LogP contribution < -0.4 is 10.3 Å². The van der Waals surface area contributed by atoms with Gasteiger partial charge in [-0.15, -0.1) is 5.10 Å². The van der Waals surface area contributed by atoms with Crippen LogP contribution in [-0.4, -0.2) is 52.0 Å². The molecule has 10 nitrogen and oxygen atoms in total. The fraction of sp³-hybridized carbons (Fsp3) is 0.333. The Labute approximate surface area is 158 Å². The summed E-state index contributed by atoms with van der Waals surface area (Å²) in [5.74, 6) is -0.851. The number of nitrogens with one attached hydrogen (secondary N) is 1. The molecule has 1 amide bonds. The minimum atomic E-state index is -4.10. The van der Waals surface area contributed by atoms with Crippen LogP contribution >= 0.6 is 0 Å². The molecule has 0 aliphatic carbocycles. The van der Waals surface area contributed by atoms with Crippen molar-refractivity contribution in [3.8, 4) is 0 Å². The largest absolute Gasteiger partial charge is 0.772 e. The summed E-state index contributed by atoms with van der Waals surface area (Å²) >= 11 is -2.30. The summed E-state index contributed by atoms with van der Waals surface area (Å²) in [6.07, 6.45) is 0.714. The number of fused-ring (bicyclic) bond motifs is 1. The molecule has 27 heavy (non-hydrogen) atoms. The molecule has 0 bridgehead atoms. The molecule has 2 heterocycles. The number of hydrazone groups is 1. The normalized spacial score (nSPS) is 20.9. The molecule has 0 spiro atoms. The van der Waals surface area contributed by atoms with E-state index in [1.54, 1.807) is 18.2 Å². The predicted molar refractivity (Wildman–Crippen MR) is 100 cm³/mol. The zero-order chi connectivity index (χ0) is 19.6. The van der Waals surface area contributed by atoms with E-state index in [-0.39, 0.29) is 22.9 Å². The standard InChI is InChI=1S/C15H17N5O5S2/c1-2-7-20-11-5-3-4-6-12(11)27(24,25)14(15(20)21)19-18-13-8-10(16-17-13)9-26(22)23/h3-6H,2,7-9H2,1H3,(H,17,18)(H,22,23)/p-1. The van der Waals surface area contributed by atoms with Gasteiger partial charge in [0.2, 0.25) is 14.9 Å². The highest BCUT2D eigenvalue weighted by atomic mass is 32.2. The van der Waals surface area contributed by atoms with Crippen LogP contribution in [0.5, 0.6) is 0 Å². The maximum atomic E-state index is 12.8. The summed E-state index contributed by atoms with van der Waals surface area (Å²) < 4.78 is 47.0. The van der Waals surface area contributed by atoms with Crippen LogP contribution in [0.15, 0.2) is 44.5 Å². The van der Waals surface area contributed by atoms with Crippen molar-refractivity contribution in [3.05, 3.63) is 24.3 Å². The van der Waals surface area contributed by atoms with Gasteiger partial charge >= 0.3 is 0 Å². The van der Waals surface area contributed by atoms with E-state index in [9.17, 15) is 22.0 Å². The number of amidine groups is 1. The number of benzene rings is 1. The zero-order valence-electron chi connectivity index (χ0n) is 14.3. The summed E-state index contributed by atoms with van der Waals surface area (Å²) in [6, 6.07) is 6.24. The predicted octanol–water partition coefficient (Wildman–Crippen LogP) is 0.157. The van der Waals surface area contributed by atoms with Gasteiger partial charge in [-0.05, 0) is 29.6 Å². The Balaban J connectivity index is 1.88. The Morgan fingerprint density at radius 2 is 2.07 bits per heavy atom. The van der Waals surface area contributed by atoms with Crippen molar-refractivity contribution in [2.45, 2.75) is 24.7 Å². The number of sulfone groups is 1. The molecule has 2 aliphatic heterocycles. The summed E-state index contributed by atoms with van der Waals surface area (Å²) in [5.41, 5.74) is 3.05. The third-order valence-corrected chi connectivity index (χ3v) is 6.10. The first-order valence-electron chi connectivity index (χ1n) is 8.02. The molecular weight excluding hydrogens is 394 g/mol. The van der Waals surface area contributed by atoms with E-state index in [4.69, 9.17) is 0 Å². The number of carbonyl (C=O) groups excluding carboxylic acids is 1. The third-order valence-electron chi connectivity index (χ3n) is 3.83. The molecule has 2 aliphatic rings. The summed E-state index contributed by atoms with van der Waals surface area (Å²) in [5, 5.41) is 10.5. The lowest BCUT2D eigenvalue weighted by Crippen LogP contribution is -2.46. The lowest BCUT2D eigenvalue weighted by molar-refractivity contribution is -0.112. The second kappa shape index (κ2) is 7.66. The Hall–Kier alpha value is -2.44. The van der Waals surface area contributed by atoms with Gasteiger partial charge in [0.25, 0.3) is 5.91 Å². The quantitative estimate of drug-likeness (QED) is 0.541. The van der Waals surface area contributed by atoms with Gasteiger partial charge in [0.15, 0.2) is 5.84 Å². The van der Waals surface area contributed by atoms with Crippen molar-refractivity contribution in [1.82, 2.24) is 5.43 Å². The molecule has 1 unspecified atom stereocenters. The average molecular weight is 410 g/mol. The number of nitrogens with zero attached hydrogens (tertiary/aromatic N) is 4. The summed E-state index contributed by atoms with van der Waals surface area (Å²) in [6.45, 7) is 2.22. The van der Waals surface area contributed by atoms with Gasteiger partial charge in [0.1, 0.15) is 0 Å². The first-order valence-corrected chi connectivity index (χ1v) is 10.7. The third kappa shape index (κ3) is 3.82. The van der Waals surface area contributed by atoms with Crippen LogP contribution in [0.1, 0.15) is 19.8 Å². The van der Waals surface area contributed by atoms with Crippen molar-refractivity contribution in [1.29, 1.82) is 0 Å². The number of carbonyl (C=O) groups is 1. The fourth-order valence-electron chi connectivity index (χ4n) is 2.69. The van der Waals surface area contributed by atoms with Gasteiger partial charge in [-0.1, -0.05) is 19.1 Å². The Kier molecular flexibility index (Phi) is 5.48. The van der Waals surface area contributed by atoms with E-state index in [0.29, 0.717) is 24.4 Å². The summed E-state index contributed by atoms with van der Waals surface area (Å²) in [7, 11) is -4.10. The minimum Gasteiger partial charge on any atom is -0.772 e. The highest BCUT2D eigenvalue weighted by molar-refractivity contribution is 8.08. The number of anilines is 1. The van der Waals surface area contributed by atoms with Crippen LogP contribution in [0.4, 0.5) is 5.69 Å². The SMILES string of the molecule is CCCN1C(=O)C(=NNC2=NN=C(CS(=O)[O-])C2)S(=O)(=O)c2ccccc21. The van der Waals surface area contributed by atoms with Crippen molar-refractivity contribution >= 4 is 49.1 Å². The molecule has 1 aromatic carbocycles. The van der Waals surface area contributed by atoms with Gasteiger partial charge in [-0.2, -0.15) is 10.2 Å². The highest BCUT2D eigenvalue weighted by Gasteiger charge is 2.41. The molecule has 144 valence electrons. The van der Waals surface area contributed by atoms with Gasteiger partial charge in [0, 0.05) is 6.54 Å². The molecule has 1 atom stereocenters. The van der Waals surface area contributed by atoms with Crippen LogP contribution in [0.25, 0.3) is 0 Å². The highest BCUT2D eigenvalue weighted by Crippen LogP contribution is 2.32. The van der Waals surface area contributed by atoms with E-state index in [1.165, 1.54) is 11.0 Å². The molecule has 1 aromatic rings. The lowest BCUT2D eigenvalue weighted by Gasteiger charge is -2.29. The van der Waals surface area contributed by atoms with Crippen molar-refractivity contribution < 1.29 is 22.0 Å². The van der Waals surface area contributed by atoms with Crippen LogP contribution in [-0.2, 0) is 25.7 Å². The topological polar surface area (TPSA) is 144 Å². The van der Waals surface area contributed by atoms with Crippen LogP contribution in [0.3, 0.4) is 0 Å². The minimum absolute atomic E-state index is 0.00523. The molecule has 0 saturated heterocycles. The molecule has 1 N–H and O–H groups in total. The second-order valence-electron chi connectivity index (χ2n) is 5.79. The van der Waals surface area contributed by atoms with Crippen LogP contribution in [0, 0.1) is 0 Å². The van der Waals surface area contributed by atoms with E-state index >= 15 is 0 Å². The average Bonchev–Trinajstić information content (AvgIpc) is 3.05. The monoisotopic (exact) mass is 410 g/mol. The van der Waals surface area contributed by atoms with Crippen molar-refractivity contribution in [2.24, 2.45) is 15.3 Å². The van der Waals surface area contributed by atoms with Gasteiger partial charge in [0.05, 0.1) is 28.5 Å².